The zero-order valence-corrected chi connectivity index (χ0v) is 7.71. The van der Waals surface area contributed by atoms with E-state index in [1.807, 2.05) is 11.8 Å². The first-order valence-electron chi connectivity index (χ1n) is 4.16. The maximum absolute atomic E-state index is 3.60. The number of nitrogens with one attached hydrogen (secondary N) is 1. The molecular weight excluding hydrogens is 142 g/mol. The summed E-state index contributed by atoms with van der Waals surface area (Å²) in [5.74, 6) is 2.65. The summed E-state index contributed by atoms with van der Waals surface area (Å²) in [7, 11) is 0. The Bertz CT molecular complexity index is 91.3. The van der Waals surface area contributed by atoms with Crippen molar-refractivity contribution in [3.8, 4) is 0 Å². The Morgan fingerprint density at radius 1 is 1.60 bits per heavy atom. The van der Waals surface area contributed by atoms with Gasteiger partial charge in [-0.25, -0.2) is 0 Å². The van der Waals surface area contributed by atoms with Gasteiger partial charge in [0.2, 0.25) is 0 Å². The molecular formula is C8H17NS. The molecule has 2 heteroatoms. The van der Waals surface area contributed by atoms with Gasteiger partial charge < -0.3 is 5.32 Å². The van der Waals surface area contributed by atoms with E-state index in [2.05, 4.69) is 19.2 Å². The van der Waals surface area contributed by atoms with Crippen LogP contribution in [-0.4, -0.2) is 23.6 Å². The average Bonchev–Trinajstić information content (AvgIpc) is 1.80. The Kier molecular flexibility index (Phi) is 3.57. The maximum atomic E-state index is 3.60. The molecule has 1 nitrogen and oxygen atoms in total. The monoisotopic (exact) mass is 159 g/mol. The Labute approximate surface area is 68.0 Å². The van der Waals surface area contributed by atoms with Crippen molar-refractivity contribution in [3.05, 3.63) is 0 Å². The molecule has 1 atom stereocenters. The molecule has 60 valence electrons. The van der Waals surface area contributed by atoms with E-state index < -0.39 is 0 Å². The van der Waals surface area contributed by atoms with Gasteiger partial charge in [0.05, 0.1) is 0 Å². The predicted octanol–water partition coefficient (Wildman–Crippen LogP) is 1.88. The summed E-state index contributed by atoms with van der Waals surface area (Å²) in [4.78, 5) is 0. The van der Waals surface area contributed by atoms with Gasteiger partial charge in [-0.15, -0.1) is 0 Å². The summed E-state index contributed by atoms with van der Waals surface area (Å²) in [6.45, 7) is 4.53. The minimum atomic E-state index is 0.732. The minimum absolute atomic E-state index is 0.732. The van der Waals surface area contributed by atoms with E-state index in [1.54, 1.807) is 0 Å². The average molecular weight is 159 g/mol. The van der Waals surface area contributed by atoms with Crippen LogP contribution >= 0.6 is 11.8 Å². The zero-order valence-electron chi connectivity index (χ0n) is 6.89. The molecule has 1 aliphatic rings. The second kappa shape index (κ2) is 4.24. The molecule has 0 aromatic carbocycles. The van der Waals surface area contributed by atoms with E-state index in [4.69, 9.17) is 0 Å². The van der Waals surface area contributed by atoms with Crippen LogP contribution in [0.25, 0.3) is 0 Å². The van der Waals surface area contributed by atoms with Crippen molar-refractivity contribution in [1.29, 1.82) is 0 Å². The Morgan fingerprint density at radius 3 is 2.70 bits per heavy atom. The molecule has 1 unspecified atom stereocenters. The van der Waals surface area contributed by atoms with Gasteiger partial charge in [0.25, 0.3) is 0 Å². The fourth-order valence-corrected chi connectivity index (χ4v) is 1.91. The van der Waals surface area contributed by atoms with E-state index >= 15 is 0 Å². The Balaban J connectivity index is 1.99. The summed E-state index contributed by atoms with van der Waals surface area (Å²) in [5, 5.41) is 3.60. The molecule has 1 heterocycles. The van der Waals surface area contributed by atoms with E-state index in [1.165, 1.54) is 24.3 Å². The highest BCUT2D eigenvalue weighted by Crippen LogP contribution is 2.18. The molecule has 0 aromatic heterocycles. The standard InChI is InChI=1S/C8H17NS/c1-3-4-7(2)9-8-5-10-6-8/h7-9H,3-6H2,1-2H3. The molecule has 1 saturated heterocycles. The fourth-order valence-electron chi connectivity index (χ4n) is 1.25. The summed E-state index contributed by atoms with van der Waals surface area (Å²) in [6.07, 6.45) is 2.62. The third kappa shape index (κ3) is 2.51. The van der Waals surface area contributed by atoms with Gasteiger partial charge in [-0.2, -0.15) is 11.8 Å². The largest absolute Gasteiger partial charge is 0.310 e. The summed E-state index contributed by atoms with van der Waals surface area (Å²) < 4.78 is 0. The predicted molar refractivity (Wildman–Crippen MR) is 48.6 cm³/mol. The lowest BCUT2D eigenvalue weighted by molar-refractivity contribution is 0.459. The van der Waals surface area contributed by atoms with Crippen LogP contribution in [-0.2, 0) is 0 Å². The lowest BCUT2D eigenvalue weighted by atomic mass is 10.2. The SMILES string of the molecule is CCCC(C)NC1CSC1. The number of thioether (sulfide) groups is 1. The van der Waals surface area contributed by atoms with Crippen LogP contribution in [0.15, 0.2) is 0 Å². The summed E-state index contributed by atoms with van der Waals surface area (Å²) in [6, 6.07) is 1.56. The molecule has 0 saturated carbocycles. The summed E-state index contributed by atoms with van der Waals surface area (Å²) >= 11 is 2.04. The van der Waals surface area contributed by atoms with Crippen LogP contribution in [0.1, 0.15) is 26.7 Å². The third-order valence-electron chi connectivity index (χ3n) is 1.88. The quantitative estimate of drug-likeness (QED) is 0.672. The van der Waals surface area contributed by atoms with Gasteiger partial charge in [-0.3, -0.25) is 0 Å². The van der Waals surface area contributed by atoms with E-state index in [-0.39, 0.29) is 0 Å². The van der Waals surface area contributed by atoms with Crippen LogP contribution < -0.4 is 5.32 Å². The van der Waals surface area contributed by atoms with E-state index in [9.17, 15) is 0 Å². The van der Waals surface area contributed by atoms with Gasteiger partial charge in [0.15, 0.2) is 0 Å². The lowest BCUT2D eigenvalue weighted by Gasteiger charge is -2.29. The highest BCUT2D eigenvalue weighted by atomic mass is 32.2. The molecule has 1 rings (SSSR count). The van der Waals surface area contributed by atoms with Crippen molar-refractivity contribution in [2.45, 2.75) is 38.8 Å². The molecule has 1 aliphatic heterocycles. The molecule has 10 heavy (non-hydrogen) atoms. The minimum Gasteiger partial charge on any atom is -0.310 e. The molecule has 0 spiro atoms. The number of hydrogen-bond donors (Lipinski definition) is 1. The molecule has 0 bridgehead atoms. The van der Waals surface area contributed by atoms with Crippen molar-refractivity contribution < 1.29 is 0 Å². The van der Waals surface area contributed by atoms with E-state index in [0.29, 0.717) is 0 Å². The Hall–Kier alpha value is 0.310. The smallest absolute Gasteiger partial charge is 0.0251 e. The first kappa shape index (κ1) is 8.41. The molecule has 0 aromatic rings. The molecule has 1 fully saturated rings. The topological polar surface area (TPSA) is 12.0 Å². The van der Waals surface area contributed by atoms with Crippen LogP contribution in [0.4, 0.5) is 0 Å². The van der Waals surface area contributed by atoms with Crippen molar-refractivity contribution in [3.63, 3.8) is 0 Å². The normalized spacial score (nSPS) is 22.2. The highest BCUT2D eigenvalue weighted by molar-refractivity contribution is 8.00. The van der Waals surface area contributed by atoms with Crippen LogP contribution in [0.2, 0.25) is 0 Å². The first-order chi connectivity index (χ1) is 4.83. The highest BCUT2D eigenvalue weighted by Gasteiger charge is 2.18. The van der Waals surface area contributed by atoms with Crippen LogP contribution in [0.5, 0.6) is 0 Å². The van der Waals surface area contributed by atoms with Crippen LogP contribution in [0, 0.1) is 0 Å². The maximum Gasteiger partial charge on any atom is 0.0251 e. The van der Waals surface area contributed by atoms with E-state index in [0.717, 1.165) is 12.1 Å². The van der Waals surface area contributed by atoms with Crippen molar-refractivity contribution in [2.24, 2.45) is 0 Å². The number of hydrogen-bond acceptors (Lipinski definition) is 2. The van der Waals surface area contributed by atoms with Crippen molar-refractivity contribution >= 4 is 11.8 Å². The second-order valence-corrected chi connectivity index (χ2v) is 4.17. The molecule has 0 amide bonds. The van der Waals surface area contributed by atoms with Gasteiger partial charge in [0.1, 0.15) is 0 Å². The van der Waals surface area contributed by atoms with Gasteiger partial charge >= 0.3 is 0 Å². The van der Waals surface area contributed by atoms with Gasteiger partial charge in [-0.05, 0) is 13.3 Å². The number of rotatable bonds is 4. The van der Waals surface area contributed by atoms with Crippen molar-refractivity contribution in [1.82, 2.24) is 5.32 Å². The molecule has 0 aliphatic carbocycles. The van der Waals surface area contributed by atoms with Gasteiger partial charge in [-0.1, -0.05) is 13.3 Å². The molecule has 1 N–H and O–H groups in total. The van der Waals surface area contributed by atoms with Crippen LogP contribution in [0.3, 0.4) is 0 Å². The van der Waals surface area contributed by atoms with Crippen molar-refractivity contribution in [2.75, 3.05) is 11.5 Å². The third-order valence-corrected chi connectivity index (χ3v) is 3.16. The lowest BCUT2D eigenvalue weighted by Crippen LogP contribution is -2.44. The van der Waals surface area contributed by atoms with Gasteiger partial charge in [0, 0.05) is 23.6 Å². The fraction of sp³-hybridized carbons (Fsp3) is 1.00. The summed E-state index contributed by atoms with van der Waals surface area (Å²) in [5.41, 5.74) is 0. The zero-order chi connectivity index (χ0) is 7.40. The molecule has 0 radical (unpaired) electrons. The first-order valence-corrected chi connectivity index (χ1v) is 5.32. The Morgan fingerprint density at radius 2 is 2.30 bits per heavy atom. The second-order valence-electron chi connectivity index (χ2n) is 3.09.